The molecule has 1 aromatic rings. The number of hydrogen-bond acceptors (Lipinski definition) is 5. The predicted molar refractivity (Wildman–Crippen MR) is 71.6 cm³/mol. The number of pyridine rings is 1. The molecule has 0 aromatic carbocycles. The molecule has 0 aliphatic heterocycles. The summed E-state index contributed by atoms with van der Waals surface area (Å²) in [6.45, 7) is 5.24. The molecule has 0 fully saturated rings. The first-order valence-corrected chi connectivity index (χ1v) is 6.00. The fourth-order valence-corrected chi connectivity index (χ4v) is 1.56. The molecule has 98 valence electrons. The lowest BCUT2D eigenvalue weighted by molar-refractivity contribution is 0.0636. The number of carbonyl (C=O) groups excluding carboxylic acids is 1. The maximum absolute atomic E-state index is 11.5. The van der Waals surface area contributed by atoms with Gasteiger partial charge in [-0.05, 0) is 42.8 Å². The van der Waals surface area contributed by atoms with Crippen LogP contribution in [-0.2, 0) is 4.74 Å². The zero-order valence-corrected chi connectivity index (χ0v) is 11.9. The molecule has 1 rings (SSSR count). The van der Waals surface area contributed by atoms with E-state index in [1.54, 1.807) is 20.8 Å². The van der Waals surface area contributed by atoms with E-state index in [2.05, 4.69) is 26.2 Å². The minimum absolute atomic E-state index is 0.156. The number of rotatable bonds is 2. The van der Waals surface area contributed by atoms with Crippen LogP contribution in [0.3, 0.4) is 0 Å². The molecule has 8 heteroatoms. The molecule has 0 bridgehead atoms. The molecule has 0 aliphatic rings. The van der Waals surface area contributed by atoms with Gasteiger partial charge in [0.05, 0.1) is 11.9 Å². The summed E-state index contributed by atoms with van der Waals surface area (Å²) in [6, 6.07) is 1.39. The minimum Gasteiger partial charge on any atom is -0.444 e. The summed E-state index contributed by atoms with van der Waals surface area (Å²) in [5.74, 6) is 0. The maximum atomic E-state index is 11.5. The second kappa shape index (κ2) is 5.68. The van der Waals surface area contributed by atoms with E-state index in [-0.39, 0.29) is 5.46 Å². The Balaban J connectivity index is 2.80. The first-order chi connectivity index (χ1) is 8.19. The molecule has 0 saturated carbocycles. The van der Waals surface area contributed by atoms with Gasteiger partial charge in [0.25, 0.3) is 0 Å². The van der Waals surface area contributed by atoms with Gasteiger partial charge in [0.2, 0.25) is 0 Å². The molecular weight excluding hydrogens is 303 g/mol. The average molecular weight is 317 g/mol. The van der Waals surface area contributed by atoms with Gasteiger partial charge >= 0.3 is 13.2 Å². The number of carbonyl (C=O) groups is 1. The summed E-state index contributed by atoms with van der Waals surface area (Å²) in [6.07, 6.45) is 0.741. The summed E-state index contributed by atoms with van der Waals surface area (Å²) >= 11 is 3.07. The Morgan fingerprint density at radius 3 is 2.61 bits per heavy atom. The van der Waals surface area contributed by atoms with Crippen LogP contribution in [-0.4, -0.2) is 33.8 Å². The second-order valence-electron chi connectivity index (χ2n) is 4.60. The van der Waals surface area contributed by atoms with Crippen LogP contribution < -0.4 is 10.8 Å². The van der Waals surface area contributed by atoms with Gasteiger partial charge in [-0.25, -0.2) is 9.78 Å². The van der Waals surface area contributed by atoms with Gasteiger partial charge in [-0.15, -0.1) is 0 Å². The normalized spacial score (nSPS) is 11.0. The number of aromatic nitrogens is 1. The smallest absolute Gasteiger partial charge is 0.444 e. The highest BCUT2D eigenvalue weighted by molar-refractivity contribution is 9.10. The lowest BCUT2D eigenvalue weighted by atomic mass is 9.81. The van der Waals surface area contributed by atoms with Crippen molar-refractivity contribution in [2.24, 2.45) is 0 Å². The lowest BCUT2D eigenvalue weighted by Crippen LogP contribution is -2.32. The molecule has 0 unspecified atom stereocenters. The van der Waals surface area contributed by atoms with Gasteiger partial charge in [0.1, 0.15) is 10.2 Å². The Morgan fingerprint density at radius 2 is 2.11 bits per heavy atom. The van der Waals surface area contributed by atoms with Crippen LogP contribution in [0, 0.1) is 0 Å². The highest BCUT2D eigenvalue weighted by atomic mass is 79.9. The Morgan fingerprint density at radius 1 is 1.50 bits per heavy atom. The summed E-state index contributed by atoms with van der Waals surface area (Å²) < 4.78 is 5.36. The number of nitrogens with one attached hydrogen (secondary N) is 1. The Bertz CT molecular complexity index is 448. The van der Waals surface area contributed by atoms with Crippen molar-refractivity contribution in [3.05, 3.63) is 16.9 Å². The standard InChI is InChI=1S/C10H14BBrN2O4/c1-10(2,3)18-9(15)14-6-4-7(11(16)17)8(12)13-5-6/h4-5,16-17H,1-3H3,(H,14,15). The topological polar surface area (TPSA) is 91.7 Å². The molecule has 1 aromatic heterocycles. The van der Waals surface area contributed by atoms with E-state index < -0.39 is 18.8 Å². The first-order valence-electron chi connectivity index (χ1n) is 5.20. The van der Waals surface area contributed by atoms with Gasteiger partial charge in [0.15, 0.2) is 0 Å². The monoisotopic (exact) mass is 316 g/mol. The molecule has 6 nitrogen and oxygen atoms in total. The van der Waals surface area contributed by atoms with Crippen molar-refractivity contribution in [2.75, 3.05) is 5.32 Å². The van der Waals surface area contributed by atoms with Gasteiger partial charge in [-0.2, -0.15) is 0 Å². The number of halogens is 1. The third kappa shape index (κ3) is 4.63. The molecular formula is C10H14BBrN2O4. The molecule has 18 heavy (non-hydrogen) atoms. The number of ether oxygens (including phenoxy) is 1. The van der Waals surface area contributed by atoms with E-state index in [9.17, 15) is 4.79 Å². The third-order valence-corrected chi connectivity index (χ3v) is 2.45. The van der Waals surface area contributed by atoms with Crippen LogP contribution in [0.5, 0.6) is 0 Å². The SMILES string of the molecule is CC(C)(C)OC(=O)Nc1cnc(Br)c(B(O)O)c1. The zero-order chi connectivity index (χ0) is 13.9. The molecule has 0 atom stereocenters. The lowest BCUT2D eigenvalue weighted by Gasteiger charge is -2.19. The Labute approximate surface area is 114 Å². The van der Waals surface area contributed by atoms with E-state index >= 15 is 0 Å². The van der Waals surface area contributed by atoms with Crippen LogP contribution in [0.2, 0.25) is 0 Å². The number of anilines is 1. The Kier molecular flexibility index (Phi) is 4.72. The number of hydrogen-bond donors (Lipinski definition) is 3. The molecule has 0 saturated heterocycles. The van der Waals surface area contributed by atoms with Crippen molar-refractivity contribution in [2.45, 2.75) is 26.4 Å². The largest absolute Gasteiger partial charge is 0.491 e. The highest BCUT2D eigenvalue weighted by Gasteiger charge is 2.19. The van der Waals surface area contributed by atoms with Gasteiger partial charge in [0, 0.05) is 5.46 Å². The molecule has 0 radical (unpaired) electrons. The third-order valence-electron chi connectivity index (χ3n) is 1.79. The average Bonchev–Trinajstić information content (AvgIpc) is 2.17. The minimum atomic E-state index is -1.67. The summed E-state index contributed by atoms with van der Waals surface area (Å²) in [5, 5.41) is 20.6. The number of nitrogens with zero attached hydrogens (tertiary/aromatic N) is 1. The van der Waals surface area contributed by atoms with Crippen molar-refractivity contribution in [3.8, 4) is 0 Å². The fraction of sp³-hybridized carbons (Fsp3) is 0.400. The van der Waals surface area contributed by atoms with E-state index in [0.29, 0.717) is 10.3 Å². The van der Waals surface area contributed by atoms with E-state index in [4.69, 9.17) is 14.8 Å². The van der Waals surface area contributed by atoms with Crippen LogP contribution in [0.25, 0.3) is 0 Å². The van der Waals surface area contributed by atoms with Crippen molar-refractivity contribution >= 4 is 40.3 Å². The van der Waals surface area contributed by atoms with Gasteiger partial charge in [-0.3, -0.25) is 5.32 Å². The van der Waals surface area contributed by atoms with E-state index in [1.165, 1.54) is 12.3 Å². The zero-order valence-electron chi connectivity index (χ0n) is 10.3. The second-order valence-corrected chi connectivity index (χ2v) is 5.36. The van der Waals surface area contributed by atoms with E-state index in [0.717, 1.165) is 0 Å². The van der Waals surface area contributed by atoms with Crippen molar-refractivity contribution < 1.29 is 19.6 Å². The van der Waals surface area contributed by atoms with Crippen molar-refractivity contribution in [1.82, 2.24) is 4.98 Å². The van der Waals surface area contributed by atoms with Crippen LogP contribution >= 0.6 is 15.9 Å². The molecule has 1 amide bonds. The Hall–Kier alpha value is -1.12. The number of amides is 1. The molecule has 1 heterocycles. The van der Waals surface area contributed by atoms with Crippen molar-refractivity contribution in [3.63, 3.8) is 0 Å². The summed E-state index contributed by atoms with van der Waals surface area (Å²) in [4.78, 5) is 15.4. The summed E-state index contributed by atoms with van der Waals surface area (Å²) in [5.41, 5.74) is -0.134. The first kappa shape index (κ1) is 14.9. The van der Waals surface area contributed by atoms with Crippen molar-refractivity contribution in [1.29, 1.82) is 0 Å². The maximum Gasteiger partial charge on any atom is 0.491 e. The fourth-order valence-electron chi connectivity index (χ4n) is 1.14. The predicted octanol–water partition coefficient (Wildman–Crippen LogP) is 0.871. The molecule has 3 N–H and O–H groups in total. The van der Waals surface area contributed by atoms with Crippen LogP contribution in [0.15, 0.2) is 16.9 Å². The molecule has 0 aliphatic carbocycles. The summed E-state index contributed by atoms with van der Waals surface area (Å²) in [7, 11) is -1.67. The van der Waals surface area contributed by atoms with E-state index in [1.807, 2.05) is 0 Å². The highest BCUT2D eigenvalue weighted by Crippen LogP contribution is 2.12. The van der Waals surface area contributed by atoms with Crippen LogP contribution in [0.4, 0.5) is 10.5 Å². The van der Waals surface area contributed by atoms with Gasteiger partial charge in [-0.1, -0.05) is 0 Å². The molecule has 0 spiro atoms. The quantitative estimate of drug-likeness (QED) is 0.556. The van der Waals surface area contributed by atoms with Gasteiger partial charge < -0.3 is 14.8 Å². The van der Waals surface area contributed by atoms with Crippen LogP contribution in [0.1, 0.15) is 20.8 Å².